The van der Waals surface area contributed by atoms with Crippen molar-refractivity contribution in [3.8, 4) is 0 Å². The number of nitrogens with one attached hydrogen (secondary N) is 2. The number of carbonyl (C=O) groups is 1. The van der Waals surface area contributed by atoms with Gasteiger partial charge >= 0.3 is 0 Å². The third-order valence-electron chi connectivity index (χ3n) is 2.62. The molecule has 106 valence electrons. The lowest BCUT2D eigenvalue weighted by Crippen LogP contribution is -2.33. The summed E-state index contributed by atoms with van der Waals surface area (Å²) in [7, 11) is -3.62. The predicted molar refractivity (Wildman–Crippen MR) is 72.8 cm³/mol. The molecule has 7 heteroatoms. The smallest absolute Gasteiger partial charge is 0.265 e. The zero-order chi connectivity index (χ0) is 14.5. The maximum Gasteiger partial charge on any atom is 0.265 e. The van der Waals surface area contributed by atoms with Crippen LogP contribution in [0.2, 0.25) is 0 Å². The maximum absolute atomic E-state index is 12.1. The highest BCUT2D eigenvalue weighted by atomic mass is 32.2. The summed E-state index contributed by atoms with van der Waals surface area (Å²) in [5.74, 6) is 4.49. The molecule has 0 aliphatic heterocycles. The number of hydrazine groups is 1. The first-order valence-electron chi connectivity index (χ1n) is 6.04. The van der Waals surface area contributed by atoms with Crippen LogP contribution in [-0.2, 0) is 10.0 Å². The Bertz CT molecular complexity index is 543. The molecule has 0 heterocycles. The molecule has 0 aliphatic rings. The van der Waals surface area contributed by atoms with Crippen molar-refractivity contribution in [1.82, 2.24) is 10.1 Å². The molecule has 0 aromatic heterocycles. The molecule has 19 heavy (non-hydrogen) atoms. The van der Waals surface area contributed by atoms with Crippen LogP contribution < -0.4 is 16.0 Å². The Morgan fingerprint density at radius 3 is 2.68 bits per heavy atom. The van der Waals surface area contributed by atoms with Crippen molar-refractivity contribution >= 4 is 15.9 Å². The van der Waals surface area contributed by atoms with Crippen LogP contribution >= 0.6 is 0 Å². The molecule has 1 aromatic rings. The van der Waals surface area contributed by atoms with E-state index in [1.165, 1.54) is 24.3 Å². The lowest BCUT2D eigenvalue weighted by molar-refractivity contribution is 0.0953. The SMILES string of the molecule is CCC[C@@H](C)NS(=O)(=O)c1cccc(C(=O)NN)c1. The van der Waals surface area contributed by atoms with Crippen molar-refractivity contribution in [3.63, 3.8) is 0 Å². The molecule has 0 saturated heterocycles. The van der Waals surface area contributed by atoms with Crippen molar-refractivity contribution < 1.29 is 13.2 Å². The van der Waals surface area contributed by atoms with E-state index in [9.17, 15) is 13.2 Å². The van der Waals surface area contributed by atoms with Gasteiger partial charge in [0.15, 0.2) is 0 Å². The molecule has 0 fully saturated rings. The van der Waals surface area contributed by atoms with Gasteiger partial charge in [0.1, 0.15) is 0 Å². The Hall–Kier alpha value is -1.44. The number of sulfonamides is 1. The van der Waals surface area contributed by atoms with Crippen molar-refractivity contribution in [2.45, 2.75) is 37.6 Å². The minimum absolute atomic E-state index is 0.0524. The number of rotatable bonds is 6. The Morgan fingerprint density at radius 2 is 2.11 bits per heavy atom. The van der Waals surface area contributed by atoms with Gasteiger partial charge in [-0.2, -0.15) is 0 Å². The number of nitrogens with two attached hydrogens (primary N) is 1. The molecule has 6 nitrogen and oxygen atoms in total. The second-order valence-corrected chi connectivity index (χ2v) is 6.03. The van der Waals surface area contributed by atoms with Gasteiger partial charge in [-0.1, -0.05) is 19.4 Å². The van der Waals surface area contributed by atoms with E-state index < -0.39 is 15.9 Å². The third kappa shape index (κ3) is 4.30. The van der Waals surface area contributed by atoms with Gasteiger partial charge in [0.25, 0.3) is 5.91 Å². The molecular weight excluding hydrogens is 266 g/mol. The van der Waals surface area contributed by atoms with Gasteiger partial charge in [0.2, 0.25) is 10.0 Å². The summed E-state index contributed by atoms with van der Waals surface area (Å²) in [5.41, 5.74) is 2.17. The molecule has 1 atom stereocenters. The van der Waals surface area contributed by atoms with Crippen LogP contribution in [0.4, 0.5) is 0 Å². The van der Waals surface area contributed by atoms with Crippen molar-refractivity contribution in [1.29, 1.82) is 0 Å². The Kier molecular flexibility index (Phi) is 5.46. The minimum Gasteiger partial charge on any atom is -0.290 e. The zero-order valence-corrected chi connectivity index (χ0v) is 11.8. The van der Waals surface area contributed by atoms with Gasteiger partial charge in [-0.15, -0.1) is 0 Å². The molecule has 0 bridgehead atoms. The van der Waals surface area contributed by atoms with Crippen molar-refractivity contribution in [2.24, 2.45) is 5.84 Å². The molecule has 1 amide bonds. The average Bonchev–Trinajstić information content (AvgIpc) is 2.37. The first-order valence-corrected chi connectivity index (χ1v) is 7.52. The summed E-state index contributed by atoms with van der Waals surface area (Å²) in [5, 5.41) is 0. The largest absolute Gasteiger partial charge is 0.290 e. The highest BCUT2D eigenvalue weighted by Gasteiger charge is 2.18. The van der Waals surface area contributed by atoms with Crippen LogP contribution in [0, 0.1) is 0 Å². The van der Waals surface area contributed by atoms with Gasteiger partial charge < -0.3 is 0 Å². The van der Waals surface area contributed by atoms with Crippen LogP contribution in [0.25, 0.3) is 0 Å². The number of benzene rings is 1. The Balaban J connectivity index is 2.98. The molecule has 0 aliphatic carbocycles. The maximum atomic E-state index is 12.1. The van der Waals surface area contributed by atoms with E-state index in [-0.39, 0.29) is 16.5 Å². The lowest BCUT2D eigenvalue weighted by atomic mass is 10.2. The first kappa shape index (κ1) is 15.6. The average molecular weight is 285 g/mol. The molecule has 0 saturated carbocycles. The van der Waals surface area contributed by atoms with Crippen molar-refractivity contribution in [2.75, 3.05) is 0 Å². The first-order chi connectivity index (χ1) is 8.90. The van der Waals surface area contributed by atoms with Gasteiger partial charge in [-0.25, -0.2) is 19.0 Å². The summed E-state index contributed by atoms with van der Waals surface area (Å²) >= 11 is 0. The highest BCUT2D eigenvalue weighted by Crippen LogP contribution is 2.12. The number of hydrogen-bond acceptors (Lipinski definition) is 4. The normalized spacial score (nSPS) is 13.0. The Morgan fingerprint density at radius 1 is 1.42 bits per heavy atom. The van der Waals surface area contributed by atoms with E-state index in [1.54, 1.807) is 6.92 Å². The van der Waals surface area contributed by atoms with Crippen molar-refractivity contribution in [3.05, 3.63) is 29.8 Å². The van der Waals surface area contributed by atoms with E-state index >= 15 is 0 Å². The predicted octanol–water partition coefficient (Wildman–Crippen LogP) is 0.757. The summed E-state index contributed by atoms with van der Waals surface area (Å²) in [4.78, 5) is 11.4. The number of carbonyl (C=O) groups excluding carboxylic acids is 1. The van der Waals surface area contributed by atoms with E-state index in [2.05, 4.69) is 4.72 Å². The number of nitrogen functional groups attached to an aromatic ring is 1. The van der Waals surface area contributed by atoms with E-state index in [0.29, 0.717) is 0 Å². The van der Waals surface area contributed by atoms with E-state index in [1.807, 2.05) is 12.3 Å². The molecule has 4 N–H and O–H groups in total. The van der Waals surface area contributed by atoms with Crippen LogP contribution in [0.5, 0.6) is 0 Å². The fraction of sp³-hybridized carbons (Fsp3) is 0.417. The quantitative estimate of drug-likeness (QED) is 0.408. The lowest BCUT2D eigenvalue weighted by Gasteiger charge is -2.13. The van der Waals surface area contributed by atoms with E-state index in [0.717, 1.165) is 12.8 Å². The topological polar surface area (TPSA) is 101 Å². The molecule has 1 aromatic carbocycles. The fourth-order valence-electron chi connectivity index (χ4n) is 1.71. The van der Waals surface area contributed by atoms with Gasteiger partial charge in [0.05, 0.1) is 4.90 Å². The minimum atomic E-state index is -3.62. The van der Waals surface area contributed by atoms with E-state index in [4.69, 9.17) is 5.84 Å². The molecular formula is C12H19N3O3S. The summed E-state index contributed by atoms with van der Waals surface area (Å²) in [6.07, 6.45) is 1.64. The second-order valence-electron chi connectivity index (χ2n) is 4.31. The summed E-state index contributed by atoms with van der Waals surface area (Å²) in [6, 6.07) is 5.58. The summed E-state index contributed by atoms with van der Waals surface area (Å²) < 4.78 is 26.8. The molecule has 0 radical (unpaired) electrons. The standard InChI is InChI=1S/C12H19N3O3S/c1-3-5-9(2)15-19(17,18)11-7-4-6-10(8-11)12(16)14-13/h4,6-9,15H,3,5,13H2,1-2H3,(H,14,16)/t9-/m1/s1. The third-order valence-corrected chi connectivity index (χ3v) is 4.20. The number of hydrogen-bond donors (Lipinski definition) is 3. The number of amides is 1. The monoisotopic (exact) mass is 285 g/mol. The summed E-state index contributed by atoms with van der Waals surface area (Å²) in [6.45, 7) is 3.79. The van der Waals surface area contributed by atoms with Crippen LogP contribution in [-0.4, -0.2) is 20.4 Å². The van der Waals surface area contributed by atoms with Gasteiger partial charge in [-0.05, 0) is 31.5 Å². The van der Waals surface area contributed by atoms with Gasteiger partial charge in [-0.3, -0.25) is 10.2 Å². The zero-order valence-electron chi connectivity index (χ0n) is 11.0. The van der Waals surface area contributed by atoms with Crippen LogP contribution in [0.3, 0.4) is 0 Å². The highest BCUT2D eigenvalue weighted by molar-refractivity contribution is 7.89. The van der Waals surface area contributed by atoms with Gasteiger partial charge in [0, 0.05) is 11.6 Å². The Labute approximate surface area is 113 Å². The second kappa shape index (κ2) is 6.65. The van der Waals surface area contributed by atoms with Crippen LogP contribution in [0.15, 0.2) is 29.2 Å². The molecule has 1 rings (SSSR count). The van der Waals surface area contributed by atoms with Crippen LogP contribution in [0.1, 0.15) is 37.0 Å². The fourth-order valence-corrected chi connectivity index (χ4v) is 3.04. The molecule has 0 unspecified atom stereocenters. The molecule has 0 spiro atoms.